The summed E-state index contributed by atoms with van der Waals surface area (Å²) in [7, 11) is 0. The Balaban J connectivity index is 2.21. The minimum absolute atomic E-state index is 0.0949. The van der Waals surface area contributed by atoms with Gasteiger partial charge in [0.05, 0.1) is 5.69 Å². The lowest BCUT2D eigenvalue weighted by molar-refractivity contribution is 0.0950. The minimum Gasteiger partial charge on any atom is -0.396 e. The van der Waals surface area contributed by atoms with Crippen LogP contribution in [0.1, 0.15) is 29.5 Å². The lowest BCUT2D eigenvalue weighted by Gasteiger charge is -2.13. The van der Waals surface area contributed by atoms with Crippen LogP contribution in [0, 0.1) is 18.7 Å². The average Bonchev–Trinajstić information content (AvgIpc) is 2.61. The standard InChI is InChI=1S/C19H18F2N4O/c1-3-8-23-19(26)18-17(22)12-4-6-14(20)16(13(12)9-24-18)11-5-7-15(21)25-10(11)2/h4-7,9H,3,8,22H2,1-2H3,(H,23,26). The van der Waals surface area contributed by atoms with Crippen molar-refractivity contribution in [3.05, 3.63) is 53.6 Å². The van der Waals surface area contributed by atoms with E-state index in [0.717, 1.165) is 6.42 Å². The topological polar surface area (TPSA) is 80.9 Å². The van der Waals surface area contributed by atoms with Gasteiger partial charge >= 0.3 is 0 Å². The summed E-state index contributed by atoms with van der Waals surface area (Å²) in [4.78, 5) is 20.1. The molecule has 134 valence electrons. The van der Waals surface area contributed by atoms with Gasteiger partial charge < -0.3 is 11.1 Å². The first-order valence-corrected chi connectivity index (χ1v) is 8.22. The molecule has 3 N–H and O–H groups in total. The number of amides is 1. The molecule has 2 heterocycles. The van der Waals surface area contributed by atoms with Crippen LogP contribution in [0.15, 0.2) is 30.5 Å². The monoisotopic (exact) mass is 356 g/mol. The van der Waals surface area contributed by atoms with Crippen molar-refractivity contribution in [2.75, 3.05) is 12.3 Å². The molecule has 0 atom stereocenters. The lowest BCUT2D eigenvalue weighted by Crippen LogP contribution is -2.26. The van der Waals surface area contributed by atoms with E-state index in [-0.39, 0.29) is 22.9 Å². The number of aromatic nitrogens is 2. The number of halogens is 2. The molecular weight excluding hydrogens is 338 g/mol. The van der Waals surface area contributed by atoms with Crippen LogP contribution in [0.5, 0.6) is 0 Å². The third kappa shape index (κ3) is 3.08. The van der Waals surface area contributed by atoms with Crippen LogP contribution in [0.4, 0.5) is 14.5 Å². The summed E-state index contributed by atoms with van der Waals surface area (Å²) in [6, 6.07) is 5.41. The molecule has 0 spiro atoms. The molecule has 7 heteroatoms. The highest BCUT2D eigenvalue weighted by atomic mass is 19.1. The molecule has 0 bridgehead atoms. The maximum atomic E-state index is 14.6. The molecule has 26 heavy (non-hydrogen) atoms. The van der Waals surface area contributed by atoms with E-state index in [1.165, 1.54) is 30.5 Å². The fourth-order valence-corrected chi connectivity index (χ4v) is 2.86. The van der Waals surface area contributed by atoms with Crippen LogP contribution < -0.4 is 11.1 Å². The van der Waals surface area contributed by atoms with E-state index in [9.17, 15) is 13.6 Å². The van der Waals surface area contributed by atoms with Crippen LogP contribution in [0.25, 0.3) is 21.9 Å². The van der Waals surface area contributed by atoms with Crippen molar-refractivity contribution in [2.45, 2.75) is 20.3 Å². The molecule has 0 unspecified atom stereocenters. The summed E-state index contributed by atoms with van der Waals surface area (Å²) in [6.45, 7) is 4.04. The van der Waals surface area contributed by atoms with Crippen LogP contribution >= 0.6 is 0 Å². The quantitative estimate of drug-likeness (QED) is 0.700. The number of anilines is 1. The molecule has 3 aromatic rings. The third-order valence-electron chi connectivity index (χ3n) is 4.13. The van der Waals surface area contributed by atoms with Crippen LogP contribution in [-0.4, -0.2) is 22.4 Å². The highest BCUT2D eigenvalue weighted by molar-refractivity contribution is 6.09. The molecule has 3 rings (SSSR count). The smallest absolute Gasteiger partial charge is 0.272 e. The predicted octanol–water partition coefficient (Wildman–Crippen LogP) is 3.61. The molecule has 0 aliphatic carbocycles. The highest BCUT2D eigenvalue weighted by Crippen LogP contribution is 2.35. The normalized spacial score (nSPS) is 10.9. The van der Waals surface area contributed by atoms with Gasteiger partial charge in [0.25, 0.3) is 5.91 Å². The van der Waals surface area contributed by atoms with Gasteiger partial charge in [0.2, 0.25) is 5.95 Å². The second kappa shape index (κ2) is 7.03. The van der Waals surface area contributed by atoms with E-state index in [4.69, 9.17) is 5.73 Å². The first-order chi connectivity index (χ1) is 12.4. The lowest BCUT2D eigenvalue weighted by atomic mass is 9.96. The van der Waals surface area contributed by atoms with Gasteiger partial charge in [-0.2, -0.15) is 4.39 Å². The molecule has 0 aliphatic heterocycles. The van der Waals surface area contributed by atoms with Crippen molar-refractivity contribution >= 4 is 22.4 Å². The number of carbonyl (C=O) groups is 1. The van der Waals surface area contributed by atoms with Gasteiger partial charge in [-0.1, -0.05) is 6.92 Å². The zero-order valence-corrected chi connectivity index (χ0v) is 14.4. The Kier molecular flexibility index (Phi) is 4.79. The number of carbonyl (C=O) groups excluding carboxylic acids is 1. The molecule has 0 radical (unpaired) electrons. The van der Waals surface area contributed by atoms with Crippen molar-refractivity contribution in [3.63, 3.8) is 0 Å². The molecule has 1 amide bonds. The first-order valence-electron chi connectivity index (χ1n) is 8.22. The molecule has 5 nitrogen and oxygen atoms in total. The summed E-state index contributed by atoms with van der Waals surface area (Å²) < 4.78 is 27.9. The van der Waals surface area contributed by atoms with Crippen molar-refractivity contribution in [1.82, 2.24) is 15.3 Å². The number of pyridine rings is 2. The third-order valence-corrected chi connectivity index (χ3v) is 4.13. The van der Waals surface area contributed by atoms with E-state index >= 15 is 0 Å². The molecule has 0 saturated heterocycles. The number of nitrogen functional groups attached to an aromatic ring is 1. The Morgan fingerprint density at radius 1 is 1.19 bits per heavy atom. The van der Waals surface area contributed by atoms with Crippen molar-refractivity contribution in [2.24, 2.45) is 0 Å². The largest absolute Gasteiger partial charge is 0.396 e. The Morgan fingerprint density at radius 2 is 1.96 bits per heavy atom. The Bertz CT molecular complexity index is 1000. The van der Waals surface area contributed by atoms with E-state index in [1.54, 1.807) is 6.92 Å². The summed E-state index contributed by atoms with van der Waals surface area (Å²) in [5.74, 6) is -1.52. The highest BCUT2D eigenvalue weighted by Gasteiger charge is 2.19. The van der Waals surface area contributed by atoms with Crippen molar-refractivity contribution in [1.29, 1.82) is 0 Å². The number of hydrogen-bond donors (Lipinski definition) is 2. The fraction of sp³-hybridized carbons (Fsp3) is 0.211. The molecular formula is C19H18F2N4O. The number of fused-ring (bicyclic) bond motifs is 1. The van der Waals surface area contributed by atoms with Crippen molar-refractivity contribution in [3.8, 4) is 11.1 Å². The molecule has 0 fully saturated rings. The number of aryl methyl sites for hydroxylation is 1. The minimum atomic E-state index is -0.639. The first kappa shape index (κ1) is 17.7. The zero-order valence-electron chi connectivity index (χ0n) is 14.4. The summed E-state index contributed by atoms with van der Waals surface area (Å²) >= 11 is 0. The Hall–Kier alpha value is -3.09. The van der Waals surface area contributed by atoms with E-state index in [1.807, 2.05) is 6.92 Å². The Labute approximate surface area is 149 Å². The van der Waals surface area contributed by atoms with Gasteiger partial charge in [0.15, 0.2) is 5.69 Å². The Morgan fingerprint density at radius 3 is 2.65 bits per heavy atom. The van der Waals surface area contributed by atoms with Crippen LogP contribution in [-0.2, 0) is 0 Å². The summed E-state index contributed by atoms with van der Waals surface area (Å²) in [6.07, 6.45) is 2.19. The van der Waals surface area contributed by atoms with E-state index in [0.29, 0.717) is 28.6 Å². The molecule has 2 aromatic heterocycles. The summed E-state index contributed by atoms with van der Waals surface area (Å²) in [5, 5.41) is 3.66. The van der Waals surface area contributed by atoms with Gasteiger partial charge in [-0.15, -0.1) is 0 Å². The molecule has 1 aromatic carbocycles. The van der Waals surface area contributed by atoms with Crippen LogP contribution in [0.2, 0.25) is 0 Å². The number of nitrogens with one attached hydrogen (secondary N) is 1. The van der Waals surface area contributed by atoms with Crippen LogP contribution in [0.3, 0.4) is 0 Å². The predicted molar refractivity (Wildman–Crippen MR) is 96.7 cm³/mol. The number of nitrogens with zero attached hydrogens (tertiary/aromatic N) is 2. The van der Waals surface area contributed by atoms with Gasteiger partial charge in [-0.05, 0) is 37.6 Å². The van der Waals surface area contributed by atoms with Gasteiger partial charge in [0, 0.05) is 40.3 Å². The summed E-state index contributed by atoms with van der Waals surface area (Å²) in [5.41, 5.74) is 7.41. The van der Waals surface area contributed by atoms with E-state index in [2.05, 4.69) is 15.3 Å². The average molecular weight is 356 g/mol. The number of rotatable bonds is 4. The second-order valence-electron chi connectivity index (χ2n) is 5.93. The zero-order chi connectivity index (χ0) is 18.8. The number of hydrogen-bond acceptors (Lipinski definition) is 4. The molecule has 0 saturated carbocycles. The van der Waals surface area contributed by atoms with Gasteiger partial charge in [-0.3, -0.25) is 4.79 Å². The van der Waals surface area contributed by atoms with Crippen molar-refractivity contribution < 1.29 is 13.6 Å². The number of benzene rings is 1. The fourth-order valence-electron chi connectivity index (χ4n) is 2.86. The molecule has 0 aliphatic rings. The number of nitrogens with two attached hydrogens (primary N) is 1. The SMILES string of the molecule is CCCNC(=O)c1ncc2c(-c3ccc(F)nc3C)c(F)ccc2c1N. The van der Waals surface area contributed by atoms with E-state index < -0.39 is 11.8 Å². The second-order valence-corrected chi connectivity index (χ2v) is 5.93. The maximum absolute atomic E-state index is 14.6. The van der Waals surface area contributed by atoms with Gasteiger partial charge in [-0.25, -0.2) is 14.4 Å². The van der Waals surface area contributed by atoms with Gasteiger partial charge in [0.1, 0.15) is 5.82 Å². The maximum Gasteiger partial charge on any atom is 0.272 e.